The van der Waals surface area contributed by atoms with E-state index in [0.29, 0.717) is 5.92 Å². The molecule has 4 heteroatoms. The van der Waals surface area contributed by atoms with Gasteiger partial charge in [-0.1, -0.05) is 0 Å². The lowest BCUT2D eigenvalue weighted by atomic mass is 9.79. The molecule has 4 nitrogen and oxygen atoms in total. The summed E-state index contributed by atoms with van der Waals surface area (Å²) in [5, 5.41) is 0. The molecule has 0 aromatic carbocycles. The summed E-state index contributed by atoms with van der Waals surface area (Å²) in [5.74, 6) is 0.703. The van der Waals surface area contributed by atoms with Gasteiger partial charge in [-0.25, -0.2) is 0 Å². The maximum Gasteiger partial charge on any atom is 0.0502 e. The van der Waals surface area contributed by atoms with Crippen molar-refractivity contribution in [2.45, 2.75) is 56.1 Å². The van der Waals surface area contributed by atoms with Crippen LogP contribution in [0.2, 0.25) is 0 Å². The molecule has 116 valence electrons. The first kappa shape index (κ1) is 14.8. The number of nitrogens with zero attached hydrogens (tertiary/aromatic N) is 2. The Kier molecular flexibility index (Phi) is 4.37. The predicted molar refractivity (Wildman–Crippen MR) is 81.8 cm³/mol. The maximum atomic E-state index is 6.29. The molecule has 20 heavy (non-hydrogen) atoms. The second-order valence-electron chi connectivity index (χ2n) is 7.30. The number of rotatable bonds is 4. The fourth-order valence-corrected chi connectivity index (χ4v) is 4.96. The quantitative estimate of drug-likeness (QED) is 0.843. The minimum Gasteiger partial charge on any atom is -0.384 e. The van der Waals surface area contributed by atoms with Crippen LogP contribution in [0.25, 0.3) is 0 Å². The number of piperidine rings is 2. The fourth-order valence-electron chi connectivity index (χ4n) is 4.96. The van der Waals surface area contributed by atoms with Crippen molar-refractivity contribution in [2.75, 3.05) is 40.4 Å². The molecule has 3 atom stereocenters. The van der Waals surface area contributed by atoms with Crippen LogP contribution in [0.15, 0.2) is 0 Å². The standard InChI is InChI=1S/C16H31N3O/c1-18-14-5-6-15(18)9-16(8-14,12-17)19-7-3-4-13(10-19)11-20-2/h13-15H,3-12,17H2,1-2H3. The Labute approximate surface area is 123 Å². The van der Waals surface area contributed by atoms with E-state index < -0.39 is 0 Å². The number of methoxy groups -OCH3 is 1. The Hall–Kier alpha value is -0.160. The second kappa shape index (κ2) is 5.91. The van der Waals surface area contributed by atoms with Crippen molar-refractivity contribution in [1.82, 2.24) is 9.80 Å². The van der Waals surface area contributed by atoms with Gasteiger partial charge in [0.25, 0.3) is 0 Å². The average Bonchev–Trinajstić information content (AvgIpc) is 2.70. The van der Waals surface area contributed by atoms with Crippen LogP contribution in [0, 0.1) is 5.92 Å². The Bertz CT molecular complexity index is 320. The van der Waals surface area contributed by atoms with Crippen LogP contribution in [0.1, 0.15) is 38.5 Å². The smallest absolute Gasteiger partial charge is 0.0502 e. The number of hydrogen-bond acceptors (Lipinski definition) is 4. The van der Waals surface area contributed by atoms with E-state index in [2.05, 4.69) is 16.8 Å². The van der Waals surface area contributed by atoms with E-state index in [1.54, 1.807) is 0 Å². The van der Waals surface area contributed by atoms with Crippen molar-refractivity contribution in [3.8, 4) is 0 Å². The third kappa shape index (κ3) is 2.52. The highest BCUT2D eigenvalue weighted by Gasteiger charge is 2.49. The van der Waals surface area contributed by atoms with Gasteiger partial charge in [0.2, 0.25) is 0 Å². The van der Waals surface area contributed by atoms with Gasteiger partial charge in [0.1, 0.15) is 0 Å². The van der Waals surface area contributed by atoms with Crippen LogP contribution in [-0.4, -0.2) is 67.8 Å². The number of fused-ring (bicyclic) bond motifs is 2. The van der Waals surface area contributed by atoms with Gasteiger partial charge in [-0.3, -0.25) is 4.90 Å². The molecule has 3 rings (SSSR count). The van der Waals surface area contributed by atoms with E-state index in [9.17, 15) is 0 Å². The minimum atomic E-state index is 0.269. The maximum absolute atomic E-state index is 6.29. The molecule has 0 aromatic rings. The molecule has 3 aliphatic heterocycles. The Morgan fingerprint density at radius 2 is 1.90 bits per heavy atom. The van der Waals surface area contributed by atoms with E-state index >= 15 is 0 Å². The van der Waals surface area contributed by atoms with Crippen molar-refractivity contribution < 1.29 is 4.74 Å². The first-order valence-electron chi connectivity index (χ1n) is 8.34. The fraction of sp³-hybridized carbons (Fsp3) is 1.00. The third-order valence-corrected chi connectivity index (χ3v) is 6.19. The van der Waals surface area contributed by atoms with Crippen LogP contribution in [-0.2, 0) is 4.74 Å². The van der Waals surface area contributed by atoms with E-state index in [4.69, 9.17) is 10.5 Å². The molecule has 3 fully saturated rings. The van der Waals surface area contributed by atoms with Gasteiger partial charge < -0.3 is 15.4 Å². The molecule has 3 heterocycles. The molecule has 0 aliphatic carbocycles. The van der Waals surface area contributed by atoms with Crippen LogP contribution < -0.4 is 5.73 Å². The summed E-state index contributed by atoms with van der Waals surface area (Å²) in [4.78, 5) is 5.35. The summed E-state index contributed by atoms with van der Waals surface area (Å²) in [6.45, 7) is 4.16. The van der Waals surface area contributed by atoms with Gasteiger partial charge >= 0.3 is 0 Å². The normalized spacial score (nSPS) is 43.0. The van der Waals surface area contributed by atoms with Gasteiger partial charge in [0, 0.05) is 37.8 Å². The molecule has 0 amide bonds. The van der Waals surface area contributed by atoms with E-state index in [1.807, 2.05) is 7.11 Å². The molecule has 0 spiro atoms. The lowest BCUT2D eigenvalue weighted by Gasteiger charge is -2.53. The second-order valence-corrected chi connectivity index (χ2v) is 7.30. The summed E-state index contributed by atoms with van der Waals surface area (Å²) < 4.78 is 5.39. The number of nitrogens with two attached hydrogens (primary N) is 1. The average molecular weight is 281 g/mol. The van der Waals surface area contributed by atoms with Gasteiger partial charge in [-0.2, -0.15) is 0 Å². The van der Waals surface area contributed by atoms with Gasteiger partial charge in [-0.15, -0.1) is 0 Å². The van der Waals surface area contributed by atoms with Crippen molar-refractivity contribution in [3.63, 3.8) is 0 Å². The largest absolute Gasteiger partial charge is 0.384 e. The molecular formula is C16H31N3O. The van der Waals surface area contributed by atoms with E-state index in [1.165, 1.54) is 51.6 Å². The zero-order valence-electron chi connectivity index (χ0n) is 13.2. The molecule has 0 radical (unpaired) electrons. The van der Waals surface area contributed by atoms with Crippen LogP contribution >= 0.6 is 0 Å². The molecule has 0 aromatic heterocycles. The van der Waals surface area contributed by atoms with E-state index in [-0.39, 0.29) is 5.54 Å². The van der Waals surface area contributed by atoms with E-state index in [0.717, 1.165) is 25.2 Å². The number of hydrogen-bond donors (Lipinski definition) is 1. The molecule has 3 unspecified atom stereocenters. The molecule has 3 aliphatic rings. The lowest BCUT2D eigenvalue weighted by molar-refractivity contribution is -0.0307. The highest BCUT2D eigenvalue weighted by molar-refractivity contribution is 5.07. The summed E-state index contributed by atoms with van der Waals surface area (Å²) in [6.07, 6.45) is 7.92. The first-order valence-corrected chi connectivity index (χ1v) is 8.34. The van der Waals surface area contributed by atoms with Gasteiger partial charge in [0.05, 0.1) is 6.61 Å². The highest BCUT2D eigenvalue weighted by atomic mass is 16.5. The summed E-state index contributed by atoms with van der Waals surface area (Å²) in [5.41, 5.74) is 6.56. The van der Waals surface area contributed by atoms with Gasteiger partial charge in [0.15, 0.2) is 0 Å². The third-order valence-electron chi connectivity index (χ3n) is 6.19. The molecular weight excluding hydrogens is 250 g/mol. The van der Waals surface area contributed by atoms with Crippen molar-refractivity contribution in [1.29, 1.82) is 0 Å². The highest BCUT2D eigenvalue weighted by Crippen LogP contribution is 2.43. The molecule has 2 bridgehead atoms. The summed E-state index contributed by atoms with van der Waals surface area (Å²) in [6, 6.07) is 1.53. The Morgan fingerprint density at radius 1 is 1.20 bits per heavy atom. The molecule has 3 saturated heterocycles. The minimum absolute atomic E-state index is 0.269. The van der Waals surface area contributed by atoms with Gasteiger partial charge in [-0.05, 0) is 58.0 Å². The molecule has 0 saturated carbocycles. The van der Waals surface area contributed by atoms with Crippen molar-refractivity contribution in [3.05, 3.63) is 0 Å². The zero-order chi connectivity index (χ0) is 14.2. The Balaban J connectivity index is 1.72. The zero-order valence-corrected chi connectivity index (χ0v) is 13.2. The van der Waals surface area contributed by atoms with Crippen LogP contribution in [0.3, 0.4) is 0 Å². The monoisotopic (exact) mass is 281 g/mol. The summed E-state index contributed by atoms with van der Waals surface area (Å²) >= 11 is 0. The summed E-state index contributed by atoms with van der Waals surface area (Å²) in [7, 11) is 4.14. The van der Waals surface area contributed by atoms with Crippen molar-refractivity contribution >= 4 is 0 Å². The van der Waals surface area contributed by atoms with Crippen LogP contribution in [0.5, 0.6) is 0 Å². The lowest BCUT2D eigenvalue weighted by Crippen LogP contribution is -2.63. The molecule has 2 N–H and O–H groups in total. The topological polar surface area (TPSA) is 41.7 Å². The predicted octanol–water partition coefficient (Wildman–Crippen LogP) is 1.30. The SMILES string of the molecule is COCC1CCCN(C2(CN)CC3CCC(C2)N3C)C1. The van der Waals surface area contributed by atoms with Crippen molar-refractivity contribution in [2.24, 2.45) is 11.7 Å². The number of likely N-dealkylation sites (tertiary alicyclic amines) is 1. The Morgan fingerprint density at radius 3 is 2.50 bits per heavy atom. The first-order chi connectivity index (χ1) is 9.68. The van der Waals surface area contributed by atoms with Crippen LogP contribution in [0.4, 0.5) is 0 Å². The number of ether oxygens (including phenoxy) is 1.